The van der Waals surface area contributed by atoms with E-state index < -0.39 is 0 Å². The molecule has 3 heteroatoms. The van der Waals surface area contributed by atoms with Gasteiger partial charge in [0, 0.05) is 17.9 Å². The van der Waals surface area contributed by atoms with Crippen LogP contribution < -0.4 is 0 Å². The predicted molar refractivity (Wildman–Crippen MR) is 76.6 cm³/mol. The van der Waals surface area contributed by atoms with E-state index in [1.54, 1.807) is 0 Å². The van der Waals surface area contributed by atoms with Gasteiger partial charge in [0.1, 0.15) is 0 Å². The van der Waals surface area contributed by atoms with Gasteiger partial charge < -0.3 is 9.47 Å². The molecule has 0 amide bonds. The average Bonchev–Trinajstić information content (AvgIpc) is 2.97. The number of carbonyl (C=O) groups excluding carboxylic acids is 1. The molecule has 1 saturated heterocycles. The number of ether oxygens (including phenoxy) is 2. The van der Waals surface area contributed by atoms with E-state index in [0.717, 1.165) is 5.56 Å². The molecule has 2 aliphatic rings. The number of ketones is 1. The van der Waals surface area contributed by atoms with Crippen molar-refractivity contribution in [1.29, 1.82) is 0 Å². The van der Waals surface area contributed by atoms with Crippen LogP contribution in [0.25, 0.3) is 0 Å². The van der Waals surface area contributed by atoms with Crippen molar-refractivity contribution in [1.82, 2.24) is 0 Å². The zero-order valence-corrected chi connectivity index (χ0v) is 11.8. The molecule has 1 saturated carbocycles. The Morgan fingerprint density at radius 3 is 2.60 bits per heavy atom. The van der Waals surface area contributed by atoms with Crippen molar-refractivity contribution < 1.29 is 14.3 Å². The van der Waals surface area contributed by atoms with Crippen molar-refractivity contribution in [3.63, 3.8) is 0 Å². The van der Waals surface area contributed by atoms with Gasteiger partial charge in [-0.2, -0.15) is 0 Å². The summed E-state index contributed by atoms with van der Waals surface area (Å²) in [5.74, 6) is 0.670. The molecular formula is C17H22O3. The standard InChI is InChI=1S/C17H22O3/c18-16(13-7-3-1-4-8-13)11-15-12-19-17(20-15)14-9-5-2-6-10-14/h1,3-4,7-8,14-15,17H,2,5-6,9-12H2/t15-,17+/m1/s1. The Hall–Kier alpha value is -1.19. The summed E-state index contributed by atoms with van der Waals surface area (Å²) >= 11 is 0. The molecule has 2 atom stereocenters. The number of benzene rings is 1. The quantitative estimate of drug-likeness (QED) is 0.787. The Morgan fingerprint density at radius 2 is 1.85 bits per heavy atom. The minimum Gasteiger partial charge on any atom is -0.350 e. The number of hydrogen-bond acceptors (Lipinski definition) is 3. The monoisotopic (exact) mass is 274 g/mol. The number of hydrogen-bond donors (Lipinski definition) is 0. The molecule has 20 heavy (non-hydrogen) atoms. The van der Waals surface area contributed by atoms with Crippen LogP contribution in [0.3, 0.4) is 0 Å². The SMILES string of the molecule is O=C(C[C@@H]1CO[C@H](C2CCCCC2)O1)c1ccccc1. The van der Waals surface area contributed by atoms with E-state index in [1.807, 2.05) is 30.3 Å². The predicted octanol–water partition coefficient (Wildman–Crippen LogP) is 3.58. The van der Waals surface area contributed by atoms with Crippen LogP contribution >= 0.6 is 0 Å². The third-order valence-corrected chi connectivity index (χ3v) is 4.32. The third kappa shape index (κ3) is 3.28. The summed E-state index contributed by atoms with van der Waals surface area (Å²) in [6.07, 6.45) is 6.56. The second kappa shape index (κ2) is 6.51. The Morgan fingerprint density at radius 1 is 1.10 bits per heavy atom. The fraction of sp³-hybridized carbons (Fsp3) is 0.588. The van der Waals surface area contributed by atoms with Gasteiger partial charge >= 0.3 is 0 Å². The van der Waals surface area contributed by atoms with Crippen molar-refractivity contribution in [2.45, 2.75) is 50.9 Å². The van der Waals surface area contributed by atoms with Crippen LogP contribution in [-0.4, -0.2) is 24.8 Å². The lowest BCUT2D eigenvalue weighted by Crippen LogP contribution is -2.25. The van der Waals surface area contributed by atoms with Gasteiger partial charge in [-0.15, -0.1) is 0 Å². The van der Waals surface area contributed by atoms with Gasteiger partial charge in [0.15, 0.2) is 12.1 Å². The van der Waals surface area contributed by atoms with Gasteiger partial charge in [0.05, 0.1) is 12.7 Å². The van der Waals surface area contributed by atoms with Crippen LogP contribution in [0.4, 0.5) is 0 Å². The summed E-state index contributed by atoms with van der Waals surface area (Å²) in [7, 11) is 0. The molecular weight excluding hydrogens is 252 g/mol. The summed E-state index contributed by atoms with van der Waals surface area (Å²) < 4.78 is 11.7. The first kappa shape index (κ1) is 13.8. The highest BCUT2D eigenvalue weighted by Crippen LogP contribution is 2.32. The summed E-state index contributed by atoms with van der Waals surface area (Å²) in [5, 5.41) is 0. The minimum atomic E-state index is -0.0797. The first-order valence-electron chi connectivity index (χ1n) is 7.68. The van der Waals surface area contributed by atoms with Gasteiger partial charge in [-0.1, -0.05) is 49.6 Å². The van der Waals surface area contributed by atoms with Crippen LogP contribution in [-0.2, 0) is 9.47 Å². The smallest absolute Gasteiger partial charge is 0.165 e. The summed E-state index contributed by atoms with van der Waals surface area (Å²) in [4.78, 5) is 12.1. The molecule has 0 radical (unpaired) electrons. The maximum atomic E-state index is 12.1. The Kier molecular flexibility index (Phi) is 4.48. The van der Waals surface area contributed by atoms with Gasteiger partial charge in [0.2, 0.25) is 0 Å². The largest absolute Gasteiger partial charge is 0.350 e. The van der Waals surface area contributed by atoms with Gasteiger partial charge in [-0.05, 0) is 12.8 Å². The lowest BCUT2D eigenvalue weighted by atomic mass is 9.89. The molecule has 108 valence electrons. The molecule has 2 fully saturated rings. The van der Waals surface area contributed by atoms with Crippen molar-refractivity contribution in [2.24, 2.45) is 5.92 Å². The van der Waals surface area contributed by atoms with Gasteiger partial charge in [-0.25, -0.2) is 0 Å². The normalized spacial score (nSPS) is 27.6. The van der Waals surface area contributed by atoms with Crippen LogP contribution in [0.15, 0.2) is 30.3 Å². The zero-order chi connectivity index (χ0) is 13.8. The maximum Gasteiger partial charge on any atom is 0.165 e. The van der Waals surface area contributed by atoms with E-state index >= 15 is 0 Å². The van der Waals surface area contributed by atoms with E-state index in [4.69, 9.17) is 9.47 Å². The van der Waals surface area contributed by atoms with E-state index in [0.29, 0.717) is 18.9 Å². The van der Waals surface area contributed by atoms with Crippen molar-refractivity contribution in [2.75, 3.05) is 6.61 Å². The molecule has 3 rings (SSSR count). The first-order chi connectivity index (χ1) is 9.83. The topological polar surface area (TPSA) is 35.5 Å². The summed E-state index contributed by atoms with van der Waals surface area (Å²) in [6.45, 7) is 0.555. The summed E-state index contributed by atoms with van der Waals surface area (Å²) in [6, 6.07) is 9.42. The highest BCUT2D eigenvalue weighted by atomic mass is 16.7. The second-order valence-corrected chi connectivity index (χ2v) is 5.85. The van der Waals surface area contributed by atoms with Crippen molar-refractivity contribution in [3.05, 3.63) is 35.9 Å². The van der Waals surface area contributed by atoms with Gasteiger partial charge in [0.25, 0.3) is 0 Å². The Bertz CT molecular complexity index is 437. The highest BCUT2D eigenvalue weighted by Gasteiger charge is 2.34. The van der Waals surface area contributed by atoms with Gasteiger partial charge in [-0.3, -0.25) is 4.79 Å². The lowest BCUT2D eigenvalue weighted by molar-refractivity contribution is -0.104. The molecule has 0 unspecified atom stereocenters. The molecule has 1 aliphatic carbocycles. The molecule has 0 spiro atoms. The molecule has 1 aromatic rings. The molecule has 1 heterocycles. The Balaban J connectivity index is 1.51. The molecule has 1 aromatic carbocycles. The number of carbonyl (C=O) groups is 1. The van der Waals surface area contributed by atoms with Crippen LogP contribution in [0, 0.1) is 5.92 Å². The fourth-order valence-electron chi connectivity index (χ4n) is 3.18. The fourth-order valence-corrected chi connectivity index (χ4v) is 3.18. The van der Waals surface area contributed by atoms with E-state index in [9.17, 15) is 4.79 Å². The summed E-state index contributed by atoms with van der Waals surface area (Å²) in [5.41, 5.74) is 0.761. The van der Waals surface area contributed by atoms with Crippen molar-refractivity contribution >= 4 is 5.78 Å². The molecule has 0 N–H and O–H groups in total. The number of rotatable bonds is 4. The minimum absolute atomic E-state index is 0.0744. The molecule has 0 aromatic heterocycles. The van der Waals surface area contributed by atoms with Crippen molar-refractivity contribution in [3.8, 4) is 0 Å². The average molecular weight is 274 g/mol. The van der Waals surface area contributed by atoms with Crippen LogP contribution in [0.5, 0.6) is 0 Å². The molecule has 0 bridgehead atoms. The number of Topliss-reactive ketones (excluding diaryl/α,β-unsaturated/α-hetero) is 1. The van der Waals surface area contributed by atoms with E-state index in [1.165, 1.54) is 32.1 Å². The highest BCUT2D eigenvalue weighted by molar-refractivity contribution is 5.96. The van der Waals surface area contributed by atoms with E-state index in [-0.39, 0.29) is 18.2 Å². The van der Waals surface area contributed by atoms with Crippen LogP contribution in [0.2, 0.25) is 0 Å². The lowest BCUT2D eigenvalue weighted by Gasteiger charge is -2.26. The Labute approximate surface area is 120 Å². The first-order valence-corrected chi connectivity index (χ1v) is 7.68. The zero-order valence-electron chi connectivity index (χ0n) is 11.8. The third-order valence-electron chi connectivity index (χ3n) is 4.32. The second-order valence-electron chi connectivity index (χ2n) is 5.85. The molecule has 3 nitrogen and oxygen atoms in total. The molecule has 1 aliphatic heterocycles. The van der Waals surface area contributed by atoms with Crippen LogP contribution in [0.1, 0.15) is 48.9 Å². The maximum absolute atomic E-state index is 12.1. The van der Waals surface area contributed by atoms with E-state index in [2.05, 4.69) is 0 Å².